The average molecular weight is 461 g/mol. The number of rotatable bonds is 4. The molecule has 0 radical (unpaired) electrons. The van der Waals surface area contributed by atoms with Crippen LogP contribution in [0.25, 0.3) is 39.5 Å². The van der Waals surface area contributed by atoms with Crippen LogP contribution in [0, 0.1) is 0 Å². The molecule has 0 heteroatoms. The third-order valence-electron chi connectivity index (χ3n) is 8.06. The van der Waals surface area contributed by atoms with Gasteiger partial charge in [-0.05, 0) is 74.0 Å². The fraction of sp³-hybridized carbons (Fsp3) is 0.111. The van der Waals surface area contributed by atoms with Crippen molar-refractivity contribution < 1.29 is 0 Å². The SMILES string of the molecule is CCC1=Cc2c(-c3ccc(-c4ccccc4)cc3)cccc2C1c1cccc2c1Cc1ccccc1-2. The maximum Gasteiger partial charge on any atom is 0.0311 e. The lowest BCUT2D eigenvalue weighted by Gasteiger charge is -2.21. The minimum atomic E-state index is 0.331. The number of allylic oxidation sites excluding steroid dienone is 1. The van der Waals surface area contributed by atoms with E-state index in [2.05, 4.69) is 128 Å². The number of hydrogen-bond acceptors (Lipinski definition) is 0. The van der Waals surface area contributed by atoms with E-state index in [0.29, 0.717) is 5.92 Å². The first-order chi connectivity index (χ1) is 17.8. The summed E-state index contributed by atoms with van der Waals surface area (Å²) < 4.78 is 0. The Balaban J connectivity index is 1.32. The Hall–Kier alpha value is -4.16. The van der Waals surface area contributed by atoms with Gasteiger partial charge in [0.05, 0.1) is 0 Å². The van der Waals surface area contributed by atoms with Gasteiger partial charge in [-0.25, -0.2) is 0 Å². The van der Waals surface area contributed by atoms with Crippen molar-refractivity contribution in [3.8, 4) is 33.4 Å². The summed E-state index contributed by atoms with van der Waals surface area (Å²) in [6.07, 6.45) is 4.56. The smallest absolute Gasteiger partial charge is 0.0311 e. The predicted octanol–water partition coefficient (Wildman–Crippen LogP) is 9.53. The fourth-order valence-electron chi connectivity index (χ4n) is 6.31. The summed E-state index contributed by atoms with van der Waals surface area (Å²) >= 11 is 0. The molecule has 5 aromatic carbocycles. The Labute approximate surface area is 213 Å². The molecule has 36 heavy (non-hydrogen) atoms. The van der Waals surface area contributed by atoms with Crippen molar-refractivity contribution >= 4 is 6.08 Å². The Bertz CT molecular complexity index is 1620. The number of fused-ring (bicyclic) bond motifs is 4. The zero-order valence-corrected chi connectivity index (χ0v) is 20.5. The maximum atomic E-state index is 2.47. The minimum Gasteiger partial charge on any atom is -0.0622 e. The Kier molecular flexibility index (Phi) is 4.99. The second-order valence-corrected chi connectivity index (χ2v) is 9.96. The lowest BCUT2D eigenvalue weighted by Crippen LogP contribution is -2.05. The van der Waals surface area contributed by atoms with E-state index in [1.807, 2.05) is 0 Å². The minimum absolute atomic E-state index is 0.331. The molecule has 172 valence electrons. The highest BCUT2D eigenvalue weighted by Gasteiger charge is 2.31. The van der Waals surface area contributed by atoms with Crippen molar-refractivity contribution in [1.29, 1.82) is 0 Å². The molecule has 1 atom stereocenters. The van der Waals surface area contributed by atoms with Crippen molar-refractivity contribution in [2.24, 2.45) is 0 Å². The van der Waals surface area contributed by atoms with Crippen LogP contribution in [0.5, 0.6) is 0 Å². The third-order valence-corrected chi connectivity index (χ3v) is 8.06. The summed E-state index contributed by atoms with van der Waals surface area (Å²) in [5.74, 6) is 0.331. The molecule has 0 N–H and O–H groups in total. The van der Waals surface area contributed by atoms with Crippen LogP contribution in [0.15, 0.2) is 121 Å². The second-order valence-electron chi connectivity index (χ2n) is 9.96. The Morgan fingerprint density at radius 1 is 0.556 bits per heavy atom. The normalized spacial score (nSPS) is 15.2. The highest BCUT2D eigenvalue weighted by Crippen LogP contribution is 2.49. The zero-order valence-electron chi connectivity index (χ0n) is 20.5. The van der Waals surface area contributed by atoms with Gasteiger partial charge in [-0.15, -0.1) is 0 Å². The molecule has 0 spiro atoms. The van der Waals surface area contributed by atoms with Crippen LogP contribution in [0.4, 0.5) is 0 Å². The van der Waals surface area contributed by atoms with Crippen LogP contribution < -0.4 is 0 Å². The molecule has 0 heterocycles. The molecule has 0 saturated heterocycles. The van der Waals surface area contributed by atoms with E-state index in [4.69, 9.17) is 0 Å². The second kappa shape index (κ2) is 8.50. The fourth-order valence-corrected chi connectivity index (χ4v) is 6.31. The van der Waals surface area contributed by atoms with E-state index in [9.17, 15) is 0 Å². The number of benzene rings is 5. The van der Waals surface area contributed by atoms with Gasteiger partial charge in [-0.1, -0.05) is 134 Å². The molecule has 0 aliphatic heterocycles. The van der Waals surface area contributed by atoms with Gasteiger partial charge in [-0.3, -0.25) is 0 Å². The van der Waals surface area contributed by atoms with Gasteiger partial charge in [0, 0.05) is 5.92 Å². The van der Waals surface area contributed by atoms with Gasteiger partial charge in [0.2, 0.25) is 0 Å². The standard InChI is InChI=1S/C36H28/c1-2-24-22-34-29(27-20-18-26(19-21-27)25-10-4-3-5-11-25)14-8-16-32(34)36(24)33-17-9-15-31-30-13-7-6-12-28(30)23-35(31)33/h3-22,36H,2,23H2,1H3. The molecule has 0 amide bonds. The van der Waals surface area contributed by atoms with Crippen LogP contribution >= 0.6 is 0 Å². The summed E-state index contributed by atoms with van der Waals surface area (Å²) in [6.45, 7) is 2.30. The molecule has 5 aromatic rings. The molecule has 0 fully saturated rings. The van der Waals surface area contributed by atoms with Crippen LogP contribution in [-0.4, -0.2) is 0 Å². The van der Waals surface area contributed by atoms with Gasteiger partial charge in [0.15, 0.2) is 0 Å². The van der Waals surface area contributed by atoms with Crippen LogP contribution in [0.2, 0.25) is 0 Å². The van der Waals surface area contributed by atoms with Crippen LogP contribution in [-0.2, 0) is 6.42 Å². The zero-order chi connectivity index (χ0) is 24.1. The maximum absolute atomic E-state index is 2.47. The summed E-state index contributed by atoms with van der Waals surface area (Å²) in [4.78, 5) is 0. The Morgan fingerprint density at radius 3 is 2.00 bits per heavy atom. The quantitative estimate of drug-likeness (QED) is 0.246. The van der Waals surface area contributed by atoms with Gasteiger partial charge >= 0.3 is 0 Å². The largest absolute Gasteiger partial charge is 0.0622 e. The third kappa shape index (κ3) is 3.29. The molecule has 0 aromatic heterocycles. The lowest BCUT2D eigenvalue weighted by atomic mass is 9.82. The average Bonchev–Trinajstić information content (AvgIpc) is 3.52. The highest BCUT2D eigenvalue weighted by atomic mass is 14.3. The van der Waals surface area contributed by atoms with E-state index in [1.165, 1.54) is 66.8 Å². The van der Waals surface area contributed by atoms with E-state index < -0.39 is 0 Å². The molecular formula is C36H28. The van der Waals surface area contributed by atoms with E-state index in [1.54, 1.807) is 0 Å². The van der Waals surface area contributed by atoms with Gasteiger partial charge in [0.25, 0.3) is 0 Å². The summed E-state index contributed by atoms with van der Waals surface area (Å²) in [5, 5.41) is 0. The topological polar surface area (TPSA) is 0 Å². The first kappa shape index (κ1) is 21.1. The van der Waals surface area contributed by atoms with Crippen molar-refractivity contribution in [1.82, 2.24) is 0 Å². The molecule has 2 aliphatic carbocycles. The van der Waals surface area contributed by atoms with Gasteiger partial charge < -0.3 is 0 Å². The van der Waals surface area contributed by atoms with Crippen molar-refractivity contribution in [3.63, 3.8) is 0 Å². The number of hydrogen-bond donors (Lipinski definition) is 0. The summed E-state index contributed by atoms with van der Waals surface area (Å²) in [7, 11) is 0. The molecule has 0 saturated carbocycles. The van der Waals surface area contributed by atoms with Crippen molar-refractivity contribution in [2.45, 2.75) is 25.7 Å². The first-order valence-electron chi connectivity index (χ1n) is 13.0. The van der Waals surface area contributed by atoms with Crippen LogP contribution in [0.3, 0.4) is 0 Å². The lowest BCUT2D eigenvalue weighted by molar-refractivity contribution is 0.895. The van der Waals surface area contributed by atoms with Crippen molar-refractivity contribution in [2.75, 3.05) is 0 Å². The summed E-state index contributed by atoms with van der Waals surface area (Å²) in [5.41, 5.74) is 16.7. The van der Waals surface area contributed by atoms with E-state index in [-0.39, 0.29) is 0 Å². The molecule has 0 nitrogen and oxygen atoms in total. The molecule has 7 rings (SSSR count). The van der Waals surface area contributed by atoms with Gasteiger partial charge in [-0.2, -0.15) is 0 Å². The first-order valence-corrected chi connectivity index (χ1v) is 13.0. The van der Waals surface area contributed by atoms with Gasteiger partial charge in [0.1, 0.15) is 0 Å². The van der Waals surface area contributed by atoms with Crippen LogP contribution in [0.1, 0.15) is 47.1 Å². The monoisotopic (exact) mass is 460 g/mol. The highest BCUT2D eigenvalue weighted by molar-refractivity contribution is 5.85. The van der Waals surface area contributed by atoms with E-state index >= 15 is 0 Å². The molecule has 2 aliphatic rings. The predicted molar refractivity (Wildman–Crippen MR) is 152 cm³/mol. The summed E-state index contributed by atoms with van der Waals surface area (Å²) in [6, 6.07) is 42.4. The molecule has 1 unspecified atom stereocenters. The molecular weight excluding hydrogens is 432 g/mol. The van der Waals surface area contributed by atoms with Crippen molar-refractivity contribution in [3.05, 3.63) is 149 Å². The molecule has 0 bridgehead atoms. The Morgan fingerprint density at radius 2 is 1.19 bits per heavy atom. The van der Waals surface area contributed by atoms with E-state index in [0.717, 1.165) is 12.8 Å².